The number of hydrogen-bond acceptors (Lipinski definition) is 6. The molecule has 0 saturated carbocycles. The van der Waals surface area contributed by atoms with Gasteiger partial charge >= 0.3 is 0 Å². The second kappa shape index (κ2) is 7.06. The number of ether oxygens (including phenoxy) is 2. The molecule has 0 N–H and O–H groups in total. The molecule has 0 bridgehead atoms. The van der Waals surface area contributed by atoms with Crippen LogP contribution in [0, 0.1) is 0 Å². The van der Waals surface area contributed by atoms with Gasteiger partial charge in [0.2, 0.25) is 18.0 Å². The number of fused-ring (bicyclic) bond motifs is 1. The highest BCUT2D eigenvalue weighted by atomic mass is 16.5. The zero-order chi connectivity index (χ0) is 18.8. The zero-order valence-electron chi connectivity index (χ0n) is 15.1. The van der Waals surface area contributed by atoms with Crippen molar-refractivity contribution in [2.24, 2.45) is 5.10 Å². The van der Waals surface area contributed by atoms with Crippen LogP contribution in [0.4, 0.5) is 0 Å². The van der Waals surface area contributed by atoms with Gasteiger partial charge in [0.25, 0.3) is 0 Å². The van der Waals surface area contributed by atoms with Gasteiger partial charge in [-0.05, 0) is 43.3 Å². The lowest BCUT2D eigenvalue weighted by Gasteiger charge is -2.18. The van der Waals surface area contributed by atoms with E-state index in [-0.39, 0.29) is 5.91 Å². The van der Waals surface area contributed by atoms with E-state index in [0.29, 0.717) is 19.0 Å². The number of carbonyl (C=O) groups excluding carboxylic acids is 1. The number of aromatic nitrogens is 3. The van der Waals surface area contributed by atoms with E-state index >= 15 is 0 Å². The van der Waals surface area contributed by atoms with E-state index < -0.39 is 6.23 Å². The van der Waals surface area contributed by atoms with E-state index in [2.05, 4.69) is 15.4 Å². The van der Waals surface area contributed by atoms with E-state index in [0.717, 1.165) is 22.3 Å². The maximum Gasteiger partial charge on any atom is 0.243 e. The number of para-hydroxylation sites is 1. The average molecular weight is 365 g/mol. The second-order valence-electron chi connectivity index (χ2n) is 6.06. The molecule has 138 valence electrons. The highest BCUT2D eigenvalue weighted by Crippen LogP contribution is 2.22. The number of benzene rings is 2. The smallest absolute Gasteiger partial charge is 0.243 e. The Morgan fingerprint density at radius 2 is 1.96 bits per heavy atom. The molecule has 0 spiro atoms. The molecule has 1 atom stereocenters. The maximum atomic E-state index is 12.0. The third kappa shape index (κ3) is 3.33. The number of amides is 1. The molecular weight excluding hydrogens is 346 g/mol. The maximum absolute atomic E-state index is 12.0. The minimum atomic E-state index is -0.589. The fourth-order valence-electron chi connectivity index (χ4n) is 2.94. The second-order valence-corrected chi connectivity index (χ2v) is 6.06. The van der Waals surface area contributed by atoms with Gasteiger partial charge in [-0.2, -0.15) is 5.01 Å². The van der Waals surface area contributed by atoms with E-state index in [9.17, 15) is 4.79 Å². The molecule has 0 saturated heterocycles. The molecule has 1 unspecified atom stereocenters. The van der Waals surface area contributed by atoms with Gasteiger partial charge in [0.05, 0.1) is 12.1 Å². The summed E-state index contributed by atoms with van der Waals surface area (Å²) >= 11 is 0. The van der Waals surface area contributed by atoms with Gasteiger partial charge in [-0.25, -0.2) is 4.68 Å². The lowest BCUT2D eigenvalue weighted by molar-refractivity contribution is -0.135. The SMILES string of the molecule is CCOc1ccc(C2=NN(C(C)=O)C(Cn3nnc4ccccc43)O2)cc1. The molecule has 1 amide bonds. The average Bonchev–Trinajstić information content (AvgIpc) is 3.28. The summed E-state index contributed by atoms with van der Waals surface area (Å²) < 4.78 is 13.1. The summed E-state index contributed by atoms with van der Waals surface area (Å²) in [6.07, 6.45) is -0.589. The molecule has 1 aliphatic rings. The summed E-state index contributed by atoms with van der Waals surface area (Å²) in [5, 5.41) is 14.0. The molecule has 2 aromatic carbocycles. The van der Waals surface area contributed by atoms with Gasteiger partial charge in [-0.3, -0.25) is 4.79 Å². The molecule has 0 fully saturated rings. The molecule has 0 radical (unpaired) electrons. The van der Waals surface area contributed by atoms with E-state index in [4.69, 9.17) is 9.47 Å². The van der Waals surface area contributed by atoms with Crippen molar-refractivity contribution in [2.75, 3.05) is 6.61 Å². The van der Waals surface area contributed by atoms with Crippen molar-refractivity contribution in [2.45, 2.75) is 26.6 Å². The first-order valence-corrected chi connectivity index (χ1v) is 8.72. The van der Waals surface area contributed by atoms with Crippen LogP contribution in [0.1, 0.15) is 19.4 Å². The van der Waals surface area contributed by atoms with E-state index in [1.54, 1.807) is 4.68 Å². The topological polar surface area (TPSA) is 81.8 Å². The molecule has 3 aromatic rings. The molecule has 2 heterocycles. The van der Waals surface area contributed by atoms with Crippen LogP contribution < -0.4 is 4.74 Å². The molecule has 8 heteroatoms. The van der Waals surface area contributed by atoms with Gasteiger partial charge in [0.1, 0.15) is 17.8 Å². The van der Waals surface area contributed by atoms with Crippen LogP contribution in [-0.2, 0) is 16.1 Å². The first kappa shape index (κ1) is 17.0. The Bertz CT molecular complexity index is 996. The molecule has 1 aliphatic heterocycles. The summed E-state index contributed by atoms with van der Waals surface area (Å²) in [7, 11) is 0. The van der Waals surface area contributed by atoms with Crippen LogP contribution in [0.5, 0.6) is 5.75 Å². The van der Waals surface area contributed by atoms with Crippen LogP contribution in [-0.4, -0.2) is 44.6 Å². The van der Waals surface area contributed by atoms with Crippen LogP contribution in [0.3, 0.4) is 0 Å². The third-order valence-electron chi connectivity index (χ3n) is 4.20. The Morgan fingerprint density at radius 3 is 2.70 bits per heavy atom. The predicted molar refractivity (Wildman–Crippen MR) is 99.1 cm³/mol. The number of hydrazone groups is 1. The van der Waals surface area contributed by atoms with Gasteiger partial charge in [0, 0.05) is 12.5 Å². The van der Waals surface area contributed by atoms with Crippen molar-refractivity contribution in [3.05, 3.63) is 54.1 Å². The number of rotatable bonds is 5. The molecule has 8 nitrogen and oxygen atoms in total. The van der Waals surface area contributed by atoms with Crippen LogP contribution in [0.2, 0.25) is 0 Å². The van der Waals surface area contributed by atoms with Crippen LogP contribution in [0.25, 0.3) is 11.0 Å². The summed E-state index contributed by atoms with van der Waals surface area (Å²) in [6, 6.07) is 15.0. The van der Waals surface area contributed by atoms with Gasteiger partial charge in [0.15, 0.2) is 0 Å². The molecule has 27 heavy (non-hydrogen) atoms. The van der Waals surface area contributed by atoms with Crippen molar-refractivity contribution < 1.29 is 14.3 Å². The zero-order valence-corrected chi connectivity index (χ0v) is 15.1. The standard InChI is InChI=1S/C19H19N5O3/c1-3-26-15-10-8-14(9-11-15)19-21-24(13(2)25)18(27-19)12-23-17-7-5-4-6-16(17)20-22-23/h4-11,18H,3,12H2,1-2H3. The Morgan fingerprint density at radius 1 is 1.19 bits per heavy atom. The fourth-order valence-corrected chi connectivity index (χ4v) is 2.94. The molecule has 4 rings (SSSR count). The Kier molecular flexibility index (Phi) is 4.45. The van der Waals surface area contributed by atoms with Crippen LogP contribution in [0.15, 0.2) is 53.6 Å². The minimum Gasteiger partial charge on any atom is -0.494 e. The van der Waals surface area contributed by atoms with Gasteiger partial charge < -0.3 is 9.47 Å². The monoisotopic (exact) mass is 365 g/mol. The highest BCUT2D eigenvalue weighted by molar-refractivity contribution is 5.96. The summed E-state index contributed by atoms with van der Waals surface area (Å²) in [5.41, 5.74) is 2.44. The molecular formula is C19H19N5O3. The predicted octanol–water partition coefficient (Wildman–Crippen LogP) is 2.40. The van der Waals surface area contributed by atoms with E-state index in [1.165, 1.54) is 11.9 Å². The van der Waals surface area contributed by atoms with Crippen molar-refractivity contribution in [1.82, 2.24) is 20.0 Å². The van der Waals surface area contributed by atoms with Crippen molar-refractivity contribution in [3.8, 4) is 5.75 Å². The summed E-state index contributed by atoms with van der Waals surface area (Å²) in [5.74, 6) is 0.960. The molecule has 0 aliphatic carbocycles. The third-order valence-corrected chi connectivity index (χ3v) is 4.20. The lowest BCUT2D eigenvalue weighted by Crippen LogP contribution is -2.35. The minimum absolute atomic E-state index is 0.203. The fraction of sp³-hybridized carbons (Fsp3) is 0.263. The normalized spacial score (nSPS) is 16.3. The van der Waals surface area contributed by atoms with Gasteiger partial charge in [-0.1, -0.05) is 17.3 Å². The van der Waals surface area contributed by atoms with Gasteiger partial charge in [-0.15, -0.1) is 10.2 Å². The van der Waals surface area contributed by atoms with Crippen molar-refractivity contribution in [3.63, 3.8) is 0 Å². The highest BCUT2D eigenvalue weighted by Gasteiger charge is 2.32. The van der Waals surface area contributed by atoms with Crippen molar-refractivity contribution >= 4 is 22.8 Å². The molecule has 1 aromatic heterocycles. The first-order chi connectivity index (χ1) is 13.2. The quantitative estimate of drug-likeness (QED) is 0.693. The Balaban J connectivity index is 1.57. The number of carbonyl (C=O) groups is 1. The number of hydrogen-bond donors (Lipinski definition) is 0. The lowest BCUT2D eigenvalue weighted by atomic mass is 10.2. The first-order valence-electron chi connectivity index (χ1n) is 8.72. The summed E-state index contributed by atoms with van der Waals surface area (Å²) in [4.78, 5) is 12.0. The summed E-state index contributed by atoms with van der Waals surface area (Å²) in [6.45, 7) is 4.31. The van der Waals surface area contributed by atoms with Crippen molar-refractivity contribution in [1.29, 1.82) is 0 Å². The van der Waals surface area contributed by atoms with Crippen LogP contribution >= 0.6 is 0 Å². The Hall–Kier alpha value is -3.42. The number of nitrogens with zero attached hydrogens (tertiary/aromatic N) is 5. The van der Waals surface area contributed by atoms with E-state index in [1.807, 2.05) is 55.5 Å². The largest absolute Gasteiger partial charge is 0.494 e. The Labute approximate surface area is 156 Å².